The first-order valence-electron chi connectivity index (χ1n) is 9.11. The van der Waals surface area contributed by atoms with Gasteiger partial charge in [-0.1, -0.05) is 36.4 Å². The molecule has 0 saturated carbocycles. The van der Waals surface area contributed by atoms with Crippen molar-refractivity contribution in [1.82, 2.24) is 20.4 Å². The topological polar surface area (TPSA) is 88.1 Å². The highest BCUT2D eigenvalue weighted by Gasteiger charge is 2.15. The van der Waals surface area contributed by atoms with E-state index in [2.05, 4.69) is 21.0 Å². The van der Waals surface area contributed by atoms with E-state index in [1.807, 2.05) is 54.7 Å². The highest BCUT2D eigenvalue weighted by molar-refractivity contribution is 5.93. The third kappa shape index (κ3) is 5.44. The van der Waals surface area contributed by atoms with Crippen LogP contribution < -0.4 is 16.0 Å². The van der Waals surface area contributed by atoms with E-state index in [0.717, 1.165) is 11.3 Å². The molecule has 0 saturated heterocycles. The summed E-state index contributed by atoms with van der Waals surface area (Å²) in [6.45, 7) is 2.11. The Morgan fingerprint density at radius 3 is 2.43 bits per heavy atom. The number of para-hydroxylation sites is 2. The first kappa shape index (κ1) is 19.2. The van der Waals surface area contributed by atoms with Gasteiger partial charge < -0.3 is 16.0 Å². The molecular formula is C21H23N5O2. The number of hydrogen-bond donors (Lipinski definition) is 3. The molecule has 3 rings (SSSR count). The van der Waals surface area contributed by atoms with Crippen molar-refractivity contribution < 1.29 is 9.59 Å². The Morgan fingerprint density at radius 1 is 1.04 bits per heavy atom. The fourth-order valence-electron chi connectivity index (χ4n) is 2.65. The molecule has 7 heteroatoms. The maximum absolute atomic E-state index is 12.2. The number of hydrogen-bond acceptors (Lipinski definition) is 3. The van der Waals surface area contributed by atoms with Gasteiger partial charge in [0.15, 0.2) is 0 Å². The molecule has 0 unspecified atom stereocenters. The maximum Gasteiger partial charge on any atom is 0.319 e. The van der Waals surface area contributed by atoms with E-state index in [1.165, 1.54) is 0 Å². The second-order valence-electron chi connectivity index (χ2n) is 6.36. The standard InChI is InChI=1S/C21H23N5O2/c1-16(24-21(28)25-18-8-4-2-5-9-18)20(27)22-13-12-17-14-23-26(15-17)19-10-6-3-7-11-19/h2-11,14-16H,12-13H2,1H3,(H,22,27)(H2,24,25,28)/t16-/m0/s1. The van der Waals surface area contributed by atoms with Gasteiger partial charge in [-0.15, -0.1) is 0 Å². The fraction of sp³-hybridized carbons (Fsp3) is 0.190. The Labute approximate surface area is 163 Å². The van der Waals surface area contributed by atoms with E-state index in [1.54, 1.807) is 29.9 Å². The van der Waals surface area contributed by atoms with Crippen LogP contribution in [-0.2, 0) is 11.2 Å². The molecule has 0 fully saturated rings. The Kier molecular flexibility index (Phi) is 6.41. The van der Waals surface area contributed by atoms with Gasteiger partial charge in [0.05, 0.1) is 11.9 Å². The number of nitrogens with one attached hydrogen (secondary N) is 3. The van der Waals surface area contributed by atoms with Gasteiger partial charge in [0, 0.05) is 18.4 Å². The van der Waals surface area contributed by atoms with Crippen molar-refractivity contribution in [1.29, 1.82) is 0 Å². The monoisotopic (exact) mass is 377 g/mol. The third-order valence-corrected chi connectivity index (χ3v) is 4.14. The molecule has 0 aliphatic carbocycles. The van der Waals surface area contributed by atoms with Crippen molar-refractivity contribution in [3.63, 3.8) is 0 Å². The number of amides is 3. The lowest BCUT2D eigenvalue weighted by molar-refractivity contribution is -0.122. The fourth-order valence-corrected chi connectivity index (χ4v) is 2.65. The van der Waals surface area contributed by atoms with E-state index in [4.69, 9.17) is 0 Å². The summed E-state index contributed by atoms with van der Waals surface area (Å²) in [5.41, 5.74) is 2.68. The Balaban J connectivity index is 1.41. The molecule has 3 N–H and O–H groups in total. The molecule has 0 bridgehead atoms. The lowest BCUT2D eigenvalue weighted by atomic mass is 10.2. The highest BCUT2D eigenvalue weighted by Crippen LogP contribution is 2.08. The van der Waals surface area contributed by atoms with E-state index < -0.39 is 12.1 Å². The van der Waals surface area contributed by atoms with Crippen LogP contribution in [-0.4, -0.2) is 34.3 Å². The zero-order valence-corrected chi connectivity index (χ0v) is 15.6. The second kappa shape index (κ2) is 9.36. The van der Waals surface area contributed by atoms with Crippen LogP contribution in [0.1, 0.15) is 12.5 Å². The molecule has 1 aromatic heterocycles. The molecule has 144 valence electrons. The van der Waals surface area contributed by atoms with Gasteiger partial charge in [-0.25, -0.2) is 9.48 Å². The molecule has 28 heavy (non-hydrogen) atoms. The molecule has 7 nitrogen and oxygen atoms in total. The molecule has 3 amide bonds. The average Bonchev–Trinajstić information content (AvgIpc) is 3.18. The summed E-state index contributed by atoms with van der Waals surface area (Å²) in [5, 5.41) is 12.5. The largest absolute Gasteiger partial charge is 0.354 e. The molecule has 1 heterocycles. The summed E-state index contributed by atoms with van der Waals surface area (Å²) < 4.78 is 1.80. The van der Waals surface area contributed by atoms with E-state index in [-0.39, 0.29) is 5.91 Å². The van der Waals surface area contributed by atoms with Crippen molar-refractivity contribution in [2.45, 2.75) is 19.4 Å². The van der Waals surface area contributed by atoms with Crippen LogP contribution in [0.4, 0.5) is 10.5 Å². The van der Waals surface area contributed by atoms with Crippen molar-refractivity contribution in [3.05, 3.63) is 78.6 Å². The molecule has 0 radical (unpaired) electrons. The number of rotatable bonds is 7. The number of carbonyl (C=O) groups is 2. The summed E-state index contributed by atoms with van der Waals surface area (Å²) in [5.74, 6) is -0.237. The van der Waals surface area contributed by atoms with Gasteiger partial charge in [0.1, 0.15) is 6.04 Å². The van der Waals surface area contributed by atoms with Crippen LogP contribution in [0.5, 0.6) is 0 Å². The Hall–Kier alpha value is -3.61. The first-order chi connectivity index (χ1) is 13.6. The molecule has 0 spiro atoms. The molecule has 2 aromatic carbocycles. The zero-order chi connectivity index (χ0) is 19.8. The van der Waals surface area contributed by atoms with Crippen LogP contribution in [0.2, 0.25) is 0 Å². The number of nitrogens with zero attached hydrogens (tertiary/aromatic N) is 2. The van der Waals surface area contributed by atoms with Crippen molar-refractivity contribution in [3.8, 4) is 5.69 Å². The van der Waals surface area contributed by atoms with Crippen LogP contribution >= 0.6 is 0 Å². The minimum absolute atomic E-state index is 0.237. The Bertz CT molecular complexity index is 909. The second-order valence-corrected chi connectivity index (χ2v) is 6.36. The summed E-state index contributed by atoms with van der Waals surface area (Å²) in [7, 11) is 0. The average molecular weight is 377 g/mol. The molecule has 0 aliphatic rings. The van der Waals surface area contributed by atoms with Crippen LogP contribution in [0.25, 0.3) is 5.69 Å². The van der Waals surface area contributed by atoms with Crippen molar-refractivity contribution in [2.24, 2.45) is 0 Å². The van der Waals surface area contributed by atoms with Gasteiger partial charge in [0.2, 0.25) is 5.91 Å². The van der Waals surface area contributed by atoms with Gasteiger partial charge in [-0.05, 0) is 43.2 Å². The number of anilines is 1. The first-order valence-corrected chi connectivity index (χ1v) is 9.11. The van der Waals surface area contributed by atoms with Crippen LogP contribution in [0.15, 0.2) is 73.1 Å². The van der Waals surface area contributed by atoms with E-state index >= 15 is 0 Å². The van der Waals surface area contributed by atoms with Gasteiger partial charge in [0.25, 0.3) is 0 Å². The molecule has 0 aliphatic heterocycles. The highest BCUT2D eigenvalue weighted by atomic mass is 16.2. The Morgan fingerprint density at radius 2 is 1.71 bits per heavy atom. The summed E-state index contributed by atoms with van der Waals surface area (Å²) in [6, 6.07) is 17.8. The van der Waals surface area contributed by atoms with Gasteiger partial charge >= 0.3 is 6.03 Å². The minimum Gasteiger partial charge on any atom is -0.354 e. The van der Waals surface area contributed by atoms with Gasteiger partial charge in [-0.3, -0.25) is 4.79 Å². The van der Waals surface area contributed by atoms with Crippen molar-refractivity contribution >= 4 is 17.6 Å². The van der Waals surface area contributed by atoms with Crippen LogP contribution in [0.3, 0.4) is 0 Å². The molecular weight excluding hydrogens is 354 g/mol. The maximum atomic E-state index is 12.2. The molecule has 1 atom stereocenters. The SMILES string of the molecule is C[C@H](NC(=O)Nc1ccccc1)C(=O)NCCc1cnn(-c2ccccc2)c1. The van der Waals surface area contributed by atoms with Crippen LogP contribution in [0, 0.1) is 0 Å². The van der Waals surface area contributed by atoms with E-state index in [0.29, 0.717) is 18.7 Å². The van der Waals surface area contributed by atoms with Gasteiger partial charge in [-0.2, -0.15) is 5.10 Å². The predicted molar refractivity (Wildman–Crippen MR) is 108 cm³/mol. The van der Waals surface area contributed by atoms with E-state index in [9.17, 15) is 9.59 Å². The normalized spacial score (nSPS) is 11.5. The summed E-state index contributed by atoms with van der Waals surface area (Å²) in [6.07, 6.45) is 4.38. The predicted octanol–water partition coefficient (Wildman–Crippen LogP) is 2.74. The minimum atomic E-state index is -0.643. The number of carbonyl (C=O) groups excluding carboxylic acids is 2. The zero-order valence-electron chi connectivity index (χ0n) is 15.6. The summed E-state index contributed by atoms with van der Waals surface area (Å²) in [4.78, 5) is 24.1. The third-order valence-electron chi connectivity index (χ3n) is 4.14. The lowest BCUT2D eigenvalue weighted by Crippen LogP contribution is -2.46. The quantitative estimate of drug-likeness (QED) is 0.592. The summed E-state index contributed by atoms with van der Waals surface area (Å²) >= 11 is 0. The smallest absolute Gasteiger partial charge is 0.319 e. The van der Waals surface area contributed by atoms with Crippen molar-refractivity contribution in [2.75, 3.05) is 11.9 Å². The number of urea groups is 1. The lowest BCUT2D eigenvalue weighted by Gasteiger charge is -2.14. The molecule has 3 aromatic rings. The number of benzene rings is 2. The number of aromatic nitrogens is 2.